The standard InChI is InChI=1S/C13H19ClN4/c14-12-10(9-15)3-4-16-13(12)18-7-5-17(6-8-18)11-1-2-11/h3-4,11H,1-2,5-9,15H2. The summed E-state index contributed by atoms with van der Waals surface area (Å²) in [5.41, 5.74) is 6.66. The van der Waals surface area contributed by atoms with Crippen molar-refractivity contribution in [3.63, 3.8) is 0 Å². The molecule has 2 fully saturated rings. The molecule has 1 aromatic heterocycles. The third-order valence-electron chi connectivity index (χ3n) is 3.85. The van der Waals surface area contributed by atoms with E-state index >= 15 is 0 Å². The maximum atomic E-state index is 6.36. The van der Waals surface area contributed by atoms with Gasteiger partial charge in [-0.15, -0.1) is 0 Å². The van der Waals surface area contributed by atoms with Gasteiger partial charge in [-0.05, 0) is 24.5 Å². The van der Waals surface area contributed by atoms with Gasteiger partial charge in [0, 0.05) is 45.0 Å². The lowest BCUT2D eigenvalue weighted by molar-refractivity contribution is 0.247. The van der Waals surface area contributed by atoms with Gasteiger partial charge in [-0.25, -0.2) is 4.98 Å². The normalized spacial score (nSPS) is 21.3. The van der Waals surface area contributed by atoms with Crippen LogP contribution in [-0.4, -0.2) is 42.1 Å². The summed E-state index contributed by atoms with van der Waals surface area (Å²) in [6, 6.07) is 2.75. The Morgan fingerprint density at radius 2 is 2.00 bits per heavy atom. The van der Waals surface area contributed by atoms with E-state index in [1.54, 1.807) is 6.20 Å². The van der Waals surface area contributed by atoms with Crippen LogP contribution in [0.3, 0.4) is 0 Å². The van der Waals surface area contributed by atoms with Crippen molar-refractivity contribution in [2.45, 2.75) is 25.4 Å². The van der Waals surface area contributed by atoms with Gasteiger partial charge in [-0.1, -0.05) is 11.6 Å². The van der Waals surface area contributed by atoms with E-state index in [1.807, 2.05) is 6.07 Å². The van der Waals surface area contributed by atoms with Crippen LogP contribution in [0, 0.1) is 0 Å². The van der Waals surface area contributed by atoms with Crippen LogP contribution in [-0.2, 0) is 6.54 Å². The first-order valence-corrected chi connectivity index (χ1v) is 7.00. The van der Waals surface area contributed by atoms with Crippen LogP contribution in [0.1, 0.15) is 18.4 Å². The van der Waals surface area contributed by atoms with Gasteiger partial charge in [-0.2, -0.15) is 0 Å². The van der Waals surface area contributed by atoms with Gasteiger partial charge in [0.25, 0.3) is 0 Å². The Kier molecular flexibility index (Phi) is 3.41. The van der Waals surface area contributed by atoms with Gasteiger partial charge < -0.3 is 10.6 Å². The Hall–Kier alpha value is -0.840. The minimum atomic E-state index is 0.469. The first kappa shape index (κ1) is 12.2. The number of pyridine rings is 1. The molecule has 1 aliphatic carbocycles. The van der Waals surface area contributed by atoms with Crippen molar-refractivity contribution in [3.8, 4) is 0 Å². The highest BCUT2D eigenvalue weighted by atomic mass is 35.5. The molecule has 1 aliphatic heterocycles. The molecule has 0 atom stereocenters. The molecule has 0 amide bonds. The smallest absolute Gasteiger partial charge is 0.147 e. The molecule has 0 spiro atoms. The van der Waals surface area contributed by atoms with E-state index in [9.17, 15) is 0 Å². The zero-order valence-corrected chi connectivity index (χ0v) is 11.2. The number of hydrogen-bond donors (Lipinski definition) is 1. The summed E-state index contributed by atoms with van der Waals surface area (Å²) < 4.78 is 0. The molecule has 4 nitrogen and oxygen atoms in total. The van der Waals surface area contributed by atoms with Crippen LogP contribution in [0.15, 0.2) is 12.3 Å². The number of nitrogens with two attached hydrogens (primary N) is 1. The van der Waals surface area contributed by atoms with Crippen LogP contribution in [0.4, 0.5) is 5.82 Å². The first-order valence-electron chi connectivity index (χ1n) is 6.62. The lowest BCUT2D eigenvalue weighted by Crippen LogP contribution is -2.47. The van der Waals surface area contributed by atoms with Gasteiger partial charge in [0.1, 0.15) is 5.82 Å². The third kappa shape index (κ3) is 2.32. The van der Waals surface area contributed by atoms with E-state index in [1.165, 1.54) is 12.8 Å². The summed E-state index contributed by atoms with van der Waals surface area (Å²) >= 11 is 6.36. The van der Waals surface area contributed by atoms with Gasteiger partial charge in [-0.3, -0.25) is 4.90 Å². The van der Waals surface area contributed by atoms with Crippen molar-refractivity contribution in [3.05, 3.63) is 22.8 Å². The Morgan fingerprint density at radius 3 is 2.61 bits per heavy atom. The Labute approximate surface area is 113 Å². The van der Waals surface area contributed by atoms with Crippen LogP contribution in [0.5, 0.6) is 0 Å². The van der Waals surface area contributed by atoms with Crippen LogP contribution in [0.2, 0.25) is 5.02 Å². The molecule has 2 heterocycles. The fourth-order valence-corrected chi connectivity index (χ4v) is 2.90. The van der Waals surface area contributed by atoms with E-state index in [0.29, 0.717) is 6.54 Å². The summed E-state index contributed by atoms with van der Waals surface area (Å²) in [4.78, 5) is 9.27. The van der Waals surface area contributed by atoms with Crippen LogP contribution < -0.4 is 10.6 Å². The molecule has 1 saturated heterocycles. The third-order valence-corrected chi connectivity index (χ3v) is 4.26. The van der Waals surface area contributed by atoms with Crippen molar-refractivity contribution in [2.24, 2.45) is 5.73 Å². The predicted molar refractivity (Wildman–Crippen MR) is 73.9 cm³/mol. The van der Waals surface area contributed by atoms with Gasteiger partial charge in [0.05, 0.1) is 5.02 Å². The van der Waals surface area contributed by atoms with Crippen LogP contribution >= 0.6 is 11.6 Å². The minimum Gasteiger partial charge on any atom is -0.353 e. The topological polar surface area (TPSA) is 45.4 Å². The van der Waals surface area contributed by atoms with E-state index < -0.39 is 0 Å². The Bertz CT molecular complexity index is 425. The molecule has 2 N–H and O–H groups in total. The van der Waals surface area contributed by atoms with Gasteiger partial charge in [0.2, 0.25) is 0 Å². The number of rotatable bonds is 3. The summed E-state index contributed by atoms with van der Waals surface area (Å²) in [5.74, 6) is 0.898. The monoisotopic (exact) mass is 266 g/mol. The number of halogens is 1. The largest absolute Gasteiger partial charge is 0.353 e. The summed E-state index contributed by atoms with van der Waals surface area (Å²) in [7, 11) is 0. The SMILES string of the molecule is NCc1ccnc(N2CCN(C3CC3)CC2)c1Cl. The molecule has 0 bridgehead atoms. The highest BCUT2D eigenvalue weighted by Gasteiger charge is 2.31. The fraction of sp³-hybridized carbons (Fsp3) is 0.615. The summed E-state index contributed by atoms with van der Waals surface area (Å²) in [5, 5.41) is 0.722. The van der Waals surface area contributed by atoms with Gasteiger partial charge in [0.15, 0.2) is 0 Å². The number of anilines is 1. The quantitative estimate of drug-likeness (QED) is 0.900. The zero-order valence-electron chi connectivity index (χ0n) is 10.5. The molecule has 5 heteroatoms. The van der Waals surface area contributed by atoms with E-state index in [-0.39, 0.29) is 0 Å². The van der Waals surface area contributed by atoms with E-state index in [0.717, 1.165) is 48.6 Å². The van der Waals surface area contributed by atoms with Gasteiger partial charge >= 0.3 is 0 Å². The Morgan fingerprint density at radius 1 is 1.28 bits per heavy atom. The zero-order chi connectivity index (χ0) is 12.5. The number of aromatic nitrogens is 1. The van der Waals surface area contributed by atoms with Crippen molar-refractivity contribution < 1.29 is 0 Å². The maximum Gasteiger partial charge on any atom is 0.147 e. The van der Waals surface area contributed by atoms with Crippen molar-refractivity contribution in [2.75, 3.05) is 31.1 Å². The highest BCUT2D eigenvalue weighted by molar-refractivity contribution is 6.33. The fourth-order valence-electron chi connectivity index (χ4n) is 2.59. The molecule has 1 saturated carbocycles. The molecule has 0 unspecified atom stereocenters. The van der Waals surface area contributed by atoms with Crippen molar-refractivity contribution >= 4 is 17.4 Å². The molecule has 1 aromatic rings. The number of piperazine rings is 1. The summed E-state index contributed by atoms with van der Waals surface area (Å²) in [6.07, 6.45) is 4.56. The second-order valence-electron chi connectivity index (χ2n) is 5.07. The lowest BCUT2D eigenvalue weighted by atomic mass is 10.2. The summed E-state index contributed by atoms with van der Waals surface area (Å²) in [6.45, 7) is 4.73. The van der Waals surface area contributed by atoms with E-state index in [2.05, 4.69) is 14.8 Å². The second kappa shape index (κ2) is 5.03. The molecule has 0 radical (unpaired) electrons. The average Bonchev–Trinajstić information content (AvgIpc) is 3.24. The predicted octanol–water partition coefficient (Wildman–Crippen LogP) is 1.48. The molecule has 98 valence electrons. The molecule has 0 aromatic carbocycles. The first-order chi connectivity index (χ1) is 8.79. The number of hydrogen-bond acceptors (Lipinski definition) is 4. The highest BCUT2D eigenvalue weighted by Crippen LogP contribution is 2.30. The molecule has 18 heavy (non-hydrogen) atoms. The minimum absolute atomic E-state index is 0.469. The Balaban J connectivity index is 1.71. The molecular weight excluding hydrogens is 248 g/mol. The molecular formula is C13H19ClN4. The molecule has 3 rings (SSSR count). The van der Waals surface area contributed by atoms with Crippen molar-refractivity contribution in [1.82, 2.24) is 9.88 Å². The average molecular weight is 267 g/mol. The second-order valence-corrected chi connectivity index (χ2v) is 5.44. The van der Waals surface area contributed by atoms with Crippen molar-refractivity contribution in [1.29, 1.82) is 0 Å². The molecule has 2 aliphatic rings. The van der Waals surface area contributed by atoms with Crippen LogP contribution in [0.25, 0.3) is 0 Å². The lowest BCUT2D eigenvalue weighted by Gasteiger charge is -2.36. The van der Waals surface area contributed by atoms with E-state index in [4.69, 9.17) is 17.3 Å². The maximum absolute atomic E-state index is 6.36. The number of nitrogens with zero attached hydrogens (tertiary/aromatic N) is 3.